The standard InChI is InChI=1S/C19H26N4O/c1-15-5-6-17-21-16(11-18(24)23(17)12-15)13-22-10-9-20-14-19(22)7-3-2-4-8-19/h5-6,11-12,20H,2-4,7-10,13-14H2,1H3. The molecule has 5 nitrogen and oxygen atoms in total. The molecule has 1 saturated heterocycles. The normalized spacial score (nSPS) is 21.4. The van der Waals surface area contributed by atoms with Gasteiger partial charge in [-0.1, -0.05) is 25.3 Å². The highest BCUT2D eigenvalue weighted by atomic mass is 16.1. The zero-order valence-corrected chi connectivity index (χ0v) is 14.4. The molecule has 1 spiro atoms. The first kappa shape index (κ1) is 15.8. The number of aryl methyl sites for hydroxylation is 1. The Morgan fingerprint density at radius 1 is 1.25 bits per heavy atom. The van der Waals surface area contributed by atoms with E-state index < -0.39 is 0 Å². The Morgan fingerprint density at radius 2 is 2.08 bits per heavy atom. The van der Waals surface area contributed by atoms with Crippen LogP contribution in [0.4, 0.5) is 0 Å². The SMILES string of the molecule is Cc1ccc2nc(CN3CCNCC34CCCCC4)cc(=O)n2c1. The molecule has 0 atom stereocenters. The average molecular weight is 326 g/mol. The lowest BCUT2D eigenvalue weighted by Crippen LogP contribution is -2.61. The van der Waals surface area contributed by atoms with Gasteiger partial charge in [-0.3, -0.25) is 14.1 Å². The van der Waals surface area contributed by atoms with Gasteiger partial charge in [0.25, 0.3) is 5.56 Å². The van der Waals surface area contributed by atoms with Gasteiger partial charge in [-0.05, 0) is 31.4 Å². The van der Waals surface area contributed by atoms with Crippen LogP contribution in [0.2, 0.25) is 0 Å². The molecule has 1 aliphatic heterocycles. The lowest BCUT2D eigenvalue weighted by Gasteiger charge is -2.49. The number of nitrogens with zero attached hydrogens (tertiary/aromatic N) is 3. The van der Waals surface area contributed by atoms with Crippen molar-refractivity contribution in [3.05, 3.63) is 46.0 Å². The van der Waals surface area contributed by atoms with E-state index in [1.807, 2.05) is 25.3 Å². The summed E-state index contributed by atoms with van der Waals surface area (Å²) in [5.41, 5.74) is 3.00. The Kier molecular flexibility index (Phi) is 4.14. The second-order valence-electron chi connectivity index (χ2n) is 7.40. The van der Waals surface area contributed by atoms with E-state index in [1.54, 1.807) is 10.5 Å². The summed E-state index contributed by atoms with van der Waals surface area (Å²) in [5, 5.41) is 3.58. The third-order valence-corrected chi connectivity index (χ3v) is 5.68. The van der Waals surface area contributed by atoms with E-state index in [9.17, 15) is 4.79 Å². The minimum atomic E-state index is 0.0199. The number of hydrogen-bond donors (Lipinski definition) is 1. The maximum atomic E-state index is 12.5. The smallest absolute Gasteiger partial charge is 0.258 e. The fraction of sp³-hybridized carbons (Fsp3) is 0.579. The minimum absolute atomic E-state index is 0.0199. The van der Waals surface area contributed by atoms with Crippen molar-refractivity contribution in [2.45, 2.75) is 51.1 Å². The van der Waals surface area contributed by atoms with Crippen molar-refractivity contribution in [2.75, 3.05) is 19.6 Å². The molecule has 2 fully saturated rings. The molecule has 0 amide bonds. The van der Waals surface area contributed by atoms with Crippen molar-refractivity contribution in [1.82, 2.24) is 19.6 Å². The summed E-state index contributed by atoms with van der Waals surface area (Å²) < 4.78 is 1.65. The molecule has 2 aromatic heterocycles. The van der Waals surface area contributed by atoms with Crippen LogP contribution in [0, 0.1) is 6.92 Å². The number of piperazine rings is 1. The van der Waals surface area contributed by atoms with Crippen LogP contribution in [-0.2, 0) is 6.54 Å². The molecular formula is C19H26N4O. The molecule has 1 aliphatic carbocycles. The Morgan fingerprint density at radius 3 is 2.92 bits per heavy atom. The first-order valence-electron chi connectivity index (χ1n) is 9.11. The molecule has 3 heterocycles. The highest BCUT2D eigenvalue weighted by molar-refractivity contribution is 5.40. The number of hydrogen-bond acceptors (Lipinski definition) is 4. The zero-order chi connectivity index (χ0) is 16.6. The number of nitrogens with one attached hydrogen (secondary N) is 1. The summed E-state index contributed by atoms with van der Waals surface area (Å²) in [6, 6.07) is 5.67. The number of pyridine rings is 1. The molecule has 2 aromatic rings. The minimum Gasteiger partial charge on any atom is -0.314 e. The van der Waals surface area contributed by atoms with Crippen LogP contribution in [0.3, 0.4) is 0 Å². The Balaban J connectivity index is 1.65. The number of rotatable bonds is 2. The maximum Gasteiger partial charge on any atom is 0.258 e. The van der Waals surface area contributed by atoms with Crippen molar-refractivity contribution in [1.29, 1.82) is 0 Å². The first-order chi connectivity index (χ1) is 11.7. The molecule has 5 heteroatoms. The van der Waals surface area contributed by atoms with E-state index in [0.717, 1.165) is 43.1 Å². The summed E-state index contributed by atoms with van der Waals surface area (Å²) in [6.07, 6.45) is 8.35. The van der Waals surface area contributed by atoms with Crippen LogP contribution >= 0.6 is 0 Å². The monoisotopic (exact) mass is 326 g/mol. The molecule has 24 heavy (non-hydrogen) atoms. The third kappa shape index (κ3) is 2.87. The average Bonchev–Trinajstić information content (AvgIpc) is 2.59. The zero-order valence-electron chi connectivity index (χ0n) is 14.4. The molecule has 128 valence electrons. The van der Waals surface area contributed by atoms with Crippen LogP contribution in [-0.4, -0.2) is 39.5 Å². The molecule has 2 aliphatic rings. The lowest BCUT2D eigenvalue weighted by atomic mass is 9.79. The molecule has 0 aromatic carbocycles. The van der Waals surface area contributed by atoms with Gasteiger partial charge >= 0.3 is 0 Å². The van der Waals surface area contributed by atoms with E-state index in [0.29, 0.717) is 0 Å². The molecular weight excluding hydrogens is 300 g/mol. The van der Waals surface area contributed by atoms with E-state index >= 15 is 0 Å². The molecule has 0 unspecified atom stereocenters. The Hall–Kier alpha value is -1.72. The topological polar surface area (TPSA) is 49.6 Å². The highest BCUT2D eigenvalue weighted by Gasteiger charge is 2.39. The Bertz CT molecular complexity index is 783. The number of aromatic nitrogens is 2. The largest absolute Gasteiger partial charge is 0.314 e. The molecule has 1 N–H and O–H groups in total. The van der Waals surface area contributed by atoms with Gasteiger partial charge in [-0.2, -0.15) is 0 Å². The van der Waals surface area contributed by atoms with Gasteiger partial charge in [-0.15, -0.1) is 0 Å². The number of fused-ring (bicyclic) bond motifs is 1. The summed E-state index contributed by atoms with van der Waals surface area (Å²) in [6.45, 7) is 5.90. The van der Waals surface area contributed by atoms with Crippen molar-refractivity contribution in [3.8, 4) is 0 Å². The van der Waals surface area contributed by atoms with Crippen LogP contribution < -0.4 is 10.9 Å². The molecule has 4 rings (SSSR count). The van der Waals surface area contributed by atoms with Gasteiger partial charge in [-0.25, -0.2) is 4.98 Å². The second-order valence-corrected chi connectivity index (χ2v) is 7.40. The van der Waals surface area contributed by atoms with Gasteiger partial charge < -0.3 is 5.32 Å². The molecule has 1 saturated carbocycles. The fourth-order valence-corrected chi connectivity index (χ4v) is 4.37. The second kappa shape index (κ2) is 6.30. The van der Waals surface area contributed by atoms with Crippen molar-refractivity contribution in [2.24, 2.45) is 0 Å². The van der Waals surface area contributed by atoms with Gasteiger partial charge in [0.1, 0.15) is 5.65 Å². The highest BCUT2D eigenvalue weighted by Crippen LogP contribution is 2.35. The van der Waals surface area contributed by atoms with E-state index in [4.69, 9.17) is 4.98 Å². The third-order valence-electron chi connectivity index (χ3n) is 5.68. The fourth-order valence-electron chi connectivity index (χ4n) is 4.37. The Labute approximate surface area is 142 Å². The first-order valence-corrected chi connectivity index (χ1v) is 9.11. The van der Waals surface area contributed by atoms with Crippen LogP contribution in [0.25, 0.3) is 5.65 Å². The lowest BCUT2D eigenvalue weighted by molar-refractivity contribution is 0.0199. The van der Waals surface area contributed by atoms with Crippen molar-refractivity contribution in [3.63, 3.8) is 0 Å². The quantitative estimate of drug-likeness (QED) is 0.918. The molecule has 0 radical (unpaired) electrons. The summed E-state index contributed by atoms with van der Waals surface area (Å²) in [4.78, 5) is 19.8. The summed E-state index contributed by atoms with van der Waals surface area (Å²) in [5.74, 6) is 0. The van der Waals surface area contributed by atoms with Gasteiger partial charge in [0, 0.05) is 44.0 Å². The summed E-state index contributed by atoms with van der Waals surface area (Å²) >= 11 is 0. The van der Waals surface area contributed by atoms with Crippen LogP contribution in [0.5, 0.6) is 0 Å². The van der Waals surface area contributed by atoms with Gasteiger partial charge in [0.2, 0.25) is 0 Å². The van der Waals surface area contributed by atoms with Crippen molar-refractivity contribution >= 4 is 5.65 Å². The predicted octanol–water partition coefficient (Wildman–Crippen LogP) is 2.11. The molecule has 0 bridgehead atoms. The van der Waals surface area contributed by atoms with E-state index in [-0.39, 0.29) is 11.1 Å². The van der Waals surface area contributed by atoms with E-state index in [1.165, 1.54) is 32.1 Å². The van der Waals surface area contributed by atoms with Crippen LogP contribution in [0.15, 0.2) is 29.2 Å². The predicted molar refractivity (Wildman–Crippen MR) is 95.3 cm³/mol. The van der Waals surface area contributed by atoms with Crippen molar-refractivity contribution < 1.29 is 0 Å². The van der Waals surface area contributed by atoms with Gasteiger partial charge in [0.15, 0.2) is 0 Å². The van der Waals surface area contributed by atoms with Crippen LogP contribution in [0.1, 0.15) is 43.4 Å². The maximum absolute atomic E-state index is 12.5. The van der Waals surface area contributed by atoms with E-state index in [2.05, 4.69) is 10.2 Å². The van der Waals surface area contributed by atoms with Gasteiger partial charge in [0.05, 0.1) is 5.69 Å². The summed E-state index contributed by atoms with van der Waals surface area (Å²) in [7, 11) is 0.